The molecule has 1 amide bonds. The van der Waals surface area contributed by atoms with Crippen molar-refractivity contribution in [2.45, 2.75) is 88.4 Å². The molecule has 31 heteroatoms. The number of carbonyl (C=O) groups is 2. The normalized spacial score (nSPS) is 14.2. The third-order valence-electron chi connectivity index (χ3n) is 9.85. The highest BCUT2D eigenvalue weighted by Crippen LogP contribution is 2.60. The summed E-state index contributed by atoms with van der Waals surface area (Å²) in [5, 5.41) is 23.0. The Hall–Kier alpha value is -5.39. The van der Waals surface area contributed by atoms with E-state index in [1.807, 2.05) is 0 Å². The number of hydrogen-bond acceptors (Lipinski definition) is 7. The average molecular weight is 1200 g/mol. The van der Waals surface area contributed by atoms with Gasteiger partial charge in [0.05, 0.1) is 21.0 Å². The number of carbonyl (C=O) groups excluding carboxylic acids is 2. The van der Waals surface area contributed by atoms with Gasteiger partial charge in [0.15, 0.2) is 0 Å². The van der Waals surface area contributed by atoms with Crippen molar-refractivity contribution in [2.75, 3.05) is 11.1 Å². The molecule has 0 fully saturated rings. The molecule has 71 heavy (non-hydrogen) atoms. The minimum Gasteiger partial charge on any atom is -0.398 e. The van der Waals surface area contributed by atoms with E-state index in [1.54, 1.807) is 0 Å². The summed E-state index contributed by atoms with van der Waals surface area (Å²) in [7, 11) is 0. The SMILES string of the molecule is CCc1cc(C(F)(C(F)(F)F)C(F)(F)C(F)(F)F)cc(C)c1N.CCc1cc(C(F)(C(F)(F)F)C(F)(F)C(F)(F)F)cc(C)c1NC(=O)c1cccc([N+](=O)[O-])c1Br.O=C(Cl)c1cccc([N+](=O)[O-])c1Br. The molecule has 4 aromatic carbocycles. The standard InChI is InChI=1S/C20H14BrF9N2O3.C13H12F9N.C7H3BrClNO3/c1-3-10-8-11(17(22,19(25,26)27)18(23,24)20(28,29)30)7-9(2)15(10)31-16(33)12-5-4-6-13(14(12)21)32(34)35;1-3-7-5-8(4-6(2)9(7)23)10(14,12(17,18)19)11(15,16)13(20,21)22;8-6-4(7(9)11)2-1-3-5(6)10(12)13/h4-8H,3H2,1-2H3,(H,31,33);4-5H,3,23H2,1-2H3;1-3H. The van der Waals surface area contributed by atoms with Crippen LogP contribution in [0.1, 0.15) is 67.9 Å². The van der Waals surface area contributed by atoms with Crippen molar-refractivity contribution in [2.24, 2.45) is 0 Å². The molecule has 4 aromatic rings. The average Bonchev–Trinajstić information content (AvgIpc) is 3.22. The number of benzene rings is 4. The van der Waals surface area contributed by atoms with E-state index in [1.165, 1.54) is 32.0 Å². The molecule has 0 heterocycles. The molecule has 0 saturated heterocycles. The Morgan fingerprint density at radius 1 is 0.592 bits per heavy atom. The number of aryl methyl sites for hydroxylation is 4. The van der Waals surface area contributed by atoms with Crippen LogP contribution in [-0.2, 0) is 24.2 Å². The van der Waals surface area contributed by atoms with Gasteiger partial charge in [-0.05, 0) is 117 Å². The van der Waals surface area contributed by atoms with Crippen molar-refractivity contribution in [3.05, 3.63) is 134 Å². The molecule has 4 rings (SSSR count). The van der Waals surface area contributed by atoms with Crippen LogP contribution in [0.2, 0.25) is 0 Å². The Labute approximate surface area is 408 Å². The Kier molecular flexibility index (Phi) is 18.9. The summed E-state index contributed by atoms with van der Waals surface area (Å²) in [6, 6.07) is 8.31. The van der Waals surface area contributed by atoms with Crippen LogP contribution in [0.4, 0.5) is 102 Å². The molecular weight excluding hydrogens is 1170 g/mol. The van der Waals surface area contributed by atoms with Crippen LogP contribution in [0.15, 0.2) is 69.6 Å². The van der Waals surface area contributed by atoms with Crippen LogP contribution in [0.3, 0.4) is 0 Å². The van der Waals surface area contributed by atoms with Crippen LogP contribution in [0, 0.1) is 34.1 Å². The van der Waals surface area contributed by atoms with Crippen molar-refractivity contribution in [1.29, 1.82) is 0 Å². The summed E-state index contributed by atoms with van der Waals surface area (Å²) in [5.41, 5.74) is -12.9. The van der Waals surface area contributed by atoms with Gasteiger partial charge in [-0.2, -0.15) is 70.2 Å². The number of halogens is 21. The molecule has 0 aliphatic carbocycles. The van der Waals surface area contributed by atoms with Gasteiger partial charge >= 0.3 is 47.9 Å². The fourth-order valence-corrected chi connectivity index (χ4v) is 7.60. The summed E-state index contributed by atoms with van der Waals surface area (Å²) in [5.74, 6) is -14.5. The lowest BCUT2D eigenvalue weighted by Gasteiger charge is -2.36. The van der Waals surface area contributed by atoms with E-state index in [-0.39, 0.29) is 90.9 Å². The first-order valence-electron chi connectivity index (χ1n) is 18.8. The highest BCUT2D eigenvalue weighted by Gasteiger charge is 2.83. The number of amides is 1. The summed E-state index contributed by atoms with van der Waals surface area (Å²) in [6.07, 6.45) is -27.2. The summed E-state index contributed by atoms with van der Waals surface area (Å²) >= 11 is 11.0. The first-order chi connectivity index (χ1) is 32.0. The lowest BCUT2D eigenvalue weighted by atomic mass is 9.85. The molecule has 0 spiro atoms. The minimum absolute atomic E-state index is 0.0773. The summed E-state index contributed by atoms with van der Waals surface area (Å²) in [4.78, 5) is 43.5. The van der Waals surface area contributed by atoms with Gasteiger partial charge < -0.3 is 11.1 Å². The van der Waals surface area contributed by atoms with E-state index >= 15 is 0 Å². The maximum absolute atomic E-state index is 14.9. The molecule has 0 aromatic heterocycles. The zero-order valence-corrected chi connectivity index (χ0v) is 39.5. The van der Waals surface area contributed by atoms with Crippen molar-refractivity contribution in [3.63, 3.8) is 0 Å². The molecular formula is C40H29Br2ClF18N4O6. The summed E-state index contributed by atoms with van der Waals surface area (Å²) < 4.78 is 238. The Bertz CT molecular complexity index is 2650. The van der Waals surface area contributed by atoms with Gasteiger partial charge in [-0.3, -0.25) is 29.8 Å². The van der Waals surface area contributed by atoms with Crippen LogP contribution in [0.25, 0.3) is 0 Å². The topological polar surface area (TPSA) is 158 Å². The zero-order chi connectivity index (χ0) is 55.6. The van der Waals surface area contributed by atoms with Gasteiger partial charge in [0.2, 0.25) is 0 Å². The number of nitrogen functional groups attached to an aromatic ring is 1. The number of nitrogens with zero attached hydrogens (tertiary/aromatic N) is 2. The number of hydrogen-bond donors (Lipinski definition) is 2. The number of nitro groups is 2. The van der Waals surface area contributed by atoms with E-state index < -0.39 is 91.3 Å². The van der Waals surface area contributed by atoms with E-state index in [9.17, 15) is 109 Å². The first-order valence-corrected chi connectivity index (χ1v) is 20.7. The molecule has 10 nitrogen and oxygen atoms in total. The molecule has 0 radical (unpaired) electrons. The smallest absolute Gasteiger partial charge is 0.398 e. The van der Waals surface area contributed by atoms with E-state index in [0.29, 0.717) is 0 Å². The Morgan fingerprint density at radius 3 is 1.28 bits per heavy atom. The molecule has 392 valence electrons. The number of nitrogens with two attached hydrogens (primary N) is 1. The number of anilines is 2. The zero-order valence-electron chi connectivity index (χ0n) is 35.5. The van der Waals surface area contributed by atoms with E-state index in [0.717, 1.165) is 32.0 Å². The van der Waals surface area contributed by atoms with Gasteiger partial charge in [0.1, 0.15) is 8.95 Å². The highest BCUT2D eigenvalue weighted by atomic mass is 79.9. The summed E-state index contributed by atoms with van der Waals surface area (Å²) in [6.45, 7) is 4.70. The molecule has 0 aliphatic heterocycles. The van der Waals surface area contributed by atoms with Gasteiger partial charge in [-0.15, -0.1) is 0 Å². The maximum Gasteiger partial charge on any atom is 0.457 e. The van der Waals surface area contributed by atoms with Gasteiger partial charge in [0, 0.05) is 34.6 Å². The van der Waals surface area contributed by atoms with Crippen molar-refractivity contribution in [1.82, 2.24) is 0 Å². The third-order valence-corrected chi connectivity index (χ3v) is 11.7. The van der Waals surface area contributed by atoms with Crippen LogP contribution < -0.4 is 11.1 Å². The Morgan fingerprint density at radius 2 is 0.944 bits per heavy atom. The molecule has 0 aliphatic rings. The van der Waals surface area contributed by atoms with Gasteiger partial charge in [-0.25, -0.2) is 8.78 Å². The fraction of sp³-hybridized carbons (Fsp3) is 0.350. The monoisotopic (exact) mass is 1200 g/mol. The van der Waals surface area contributed by atoms with Crippen molar-refractivity contribution < 1.29 is 98.5 Å². The van der Waals surface area contributed by atoms with Gasteiger partial charge in [0.25, 0.3) is 22.5 Å². The Balaban J connectivity index is 0.000000409. The maximum atomic E-state index is 14.9. The quantitative estimate of drug-likeness (QED) is 0.0497. The number of alkyl halides is 18. The number of rotatable bonds is 11. The van der Waals surface area contributed by atoms with Crippen LogP contribution >= 0.6 is 43.5 Å². The highest BCUT2D eigenvalue weighted by molar-refractivity contribution is 9.11. The number of nitro benzene ring substituents is 2. The van der Waals surface area contributed by atoms with E-state index in [4.69, 9.17) is 17.3 Å². The van der Waals surface area contributed by atoms with Crippen molar-refractivity contribution in [3.8, 4) is 0 Å². The minimum atomic E-state index is -6.88. The molecule has 3 N–H and O–H groups in total. The van der Waals surface area contributed by atoms with E-state index in [2.05, 4.69) is 37.2 Å². The fourth-order valence-electron chi connectivity index (χ4n) is 6.15. The second kappa shape index (κ2) is 21.8. The third kappa shape index (κ3) is 12.1. The molecule has 2 atom stereocenters. The largest absolute Gasteiger partial charge is 0.457 e. The van der Waals surface area contributed by atoms with Gasteiger partial charge in [-0.1, -0.05) is 38.1 Å². The second-order valence-electron chi connectivity index (χ2n) is 14.4. The lowest BCUT2D eigenvalue weighted by molar-refractivity contribution is -0.389. The van der Waals surface area contributed by atoms with Crippen LogP contribution in [-0.4, -0.2) is 57.5 Å². The lowest BCUT2D eigenvalue weighted by Crippen LogP contribution is -2.59. The predicted molar refractivity (Wildman–Crippen MR) is 225 cm³/mol. The van der Waals surface area contributed by atoms with Crippen LogP contribution in [0.5, 0.6) is 0 Å². The predicted octanol–water partition coefficient (Wildman–Crippen LogP) is 15.2. The molecule has 0 saturated carbocycles. The molecule has 2 unspecified atom stereocenters. The first kappa shape index (κ1) is 61.7. The second-order valence-corrected chi connectivity index (χ2v) is 16.3. The number of nitrogens with one attached hydrogen (secondary N) is 1. The van der Waals surface area contributed by atoms with Crippen molar-refractivity contribution >= 4 is 77.4 Å². The molecule has 0 bridgehead atoms.